The van der Waals surface area contributed by atoms with E-state index in [1.165, 1.54) is 5.54 Å². The third-order valence-electron chi connectivity index (χ3n) is 3.43. The van der Waals surface area contributed by atoms with E-state index in [-0.39, 0.29) is 5.54 Å². The highest BCUT2D eigenvalue weighted by Crippen LogP contribution is 2.33. The minimum atomic E-state index is -0.414. The van der Waals surface area contributed by atoms with Gasteiger partial charge >= 0.3 is 6.09 Å². The Labute approximate surface area is 150 Å². The molecule has 122 valence electrons. The predicted molar refractivity (Wildman–Crippen MR) is 99.1 cm³/mol. The SMILES string of the molecule is CC(C)(C)N(CC=CCl)C(=O)Oc1ccc2ccccc2c1Br. The van der Waals surface area contributed by atoms with Gasteiger partial charge in [0, 0.05) is 17.6 Å². The Balaban J connectivity index is 2.29. The average Bonchev–Trinajstić information content (AvgIpc) is 2.49. The van der Waals surface area contributed by atoms with E-state index in [0.717, 1.165) is 15.2 Å². The molecule has 5 heteroatoms. The summed E-state index contributed by atoms with van der Waals surface area (Å²) >= 11 is 9.12. The van der Waals surface area contributed by atoms with Crippen molar-refractivity contribution in [2.45, 2.75) is 26.3 Å². The van der Waals surface area contributed by atoms with Gasteiger partial charge in [-0.05, 0) is 53.5 Å². The lowest BCUT2D eigenvalue weighted by molar-refractivity contribution is 0.115. The van der Waals surface area contributed by atoms with Crippen LogP contribution < -0.4 is 4.74 Å². The third-order valence-corrected chi connectivity index (χ3v) is 4.43. The molecule has 0 spiro atoms. The van der Waals surface area contributed by atoms with Crippen LogP contribution in [0.2, 0.25) is 0 Å². The minimum Gasteiger partial charge on any atom is -0.409 e. The second-order valence-corrected chi connectivity index (χ2v) is 7.15. The molecule has 0 radical (unpaired) electrons. The summed E-state index contributed by atoms with van der Waals surface area (Å²) in [5, 5.41) is 2.08. The second kappa shape index (κ2) is 7.37. The van der Waals surface area contributed by atoms with Crippen LogP contribution in [0.1, 0.15) is 20.8 Å². The van der Waals surface area contributed by atoms with E-state index in [2.05, 4.69) is 15.9 Å². The van der Waals surface area contributed by atoms with E-state index < -0.39 is 6.09 Å². The number of rotatable bonds is 3. The predicted octanol–water partition coefficient (Wildman–Crippen LogP) is 5.95. The summed E-state index contributed by atoms with van der Waals surface area (Å²) in [7, 11) is 0. The average molecular weight is 397 g/mol. The normalized spacial score (nSPS) is 11.9. The fourth-order valence-electron chi connectivity index (χ4n) is 2.21. The van der Waals surface area contributed by atoms with Gasteiger partial charge < -0.3 is 4.74 Å². The van der Waals surface area contributed by atoms with Gasteiger partial charge in [0.05, 0.1) is 4.47 Å². The largest absolute Gasteiger partial charge is 0.415 e. The summed E-state index contributed by atoms with van der Waals surface area (Å²) in [4.78, 5) is 14.2. The van der Waals surface area contributed by atoms with E-state index in [4.69, 9.17) is 16.3 Å². The van der Waals surface area contributed by atoms with Crippen molar-refractivity contribution in [3.63, 3.8) is 0 Å². The first-order chi connectivity index (χ1) is 10.8. The second-order valence-electron chi connectivity index (χ2n) is 6.11. The number of halogens is 2. The van der Waals surface area contributed by atoms with Crippen LogP contribution in [-0.2, 0) is 0 Å². The molecule has 3 nitrogen and oxygen atoms in total. The number of fused-ring (bicyclic) bond motifs is 1. The lowest BCUT2D eigenvalue weighted by Crippen LogP contribution is -2.47. The fourth-order valence-corrected chi connectivity index (χ4v) is 2.86. The van der Waals surface area contributed by atoms with Crippen LogP contribution in [0.5, 0.6) is 5.75 Å². The molecule has 0 unspecified atom stereocenters. The van der Waals surface area contributed by atoms with Crippen LogP contribution >= 0.6 is 27.5 Å². The zero-order valence-electron chi connectivity index (χ0n) is 13.3. The van der Waals surface area contributed by atoms with Gasteiger partial charge in [-0.25, -0.2) is 4.79 Å². The Bertz CT molecular complexity index is 737. The Morgan fingerprint density at radius 1 is 1.26 bits per heavy atom. The Kier molecular flexibility index (Phi) is 5.71. The minimum absolute atomic E-state index is 0.378. The van der Waals surface area contributed by atoms with Crippen LogP contribution in [0.4, 0.5) is 4.79 Å². The number of hydrogen-bond acceptors (Lipinski definition) is 2. The monoisotopic (exact) mass is 395 g/mol. The summed E-state index contributed by atoms with van der Waals surface area (Å²) < 4.78 is 6.37. The topological polar surface area (TPSA) is 29.5 Å². The molecule has 0 aliphatic heterocycles. The Hall–Kier alpha value is -1.52. The summed E-state index contributed by atoms with van der Waals surface area (Å²) in [6.45, 7) is 6.24. The van der Waals surface area contributed by atoms with Gasteiger partial charge in [-0.2, -0.15) is 0 Å². The number of hydrogen-bond donors (Lipinski definition) is 0. The smallest absolute Gasteiger partial charge is 0.409 e. The lowest BCUT2D eigenvalue weighted by Gasteiger charge is -2.33. The molecule has 0 aromatic heterocycles. The van der Waals surface area contributed by atoms with Gasteiger partial charge in [0.25, 0.3) is 0 Å². The van der Waals surface area contributed by atoms with E-state index >= 15 is 0 Å². The van der Waals surface area contributed by atoms with Gasteiger partial charge in [0.15, 0.2) is 0 Å². The van der Waals surface area contributed by atoms with Crippen molar-refractivity contribution in [1.29, 1.82) is 0 Å². The molecular formula is C18H19BrClNO2. The molecule has 0 N–H and O–H groups in total. The highest BCUT2D eigenvalue weighted by atomic mass is 79.9. The van der Waals surface area contributed by atoms with Gasteiger partial charge in [-0.1, -0.05) is 48.0 Å². The molecule has 2 aromatic rings. The summed E-state index contributed by atoms with van der Waals surface area (Å²) in [6, 6.07) is 11.6. The van der Waals surface area contributed by atoms with Crippen molar-refractivity contribution in [1.82, 2.24) is 4.90 Å². The van der Waals surface area contributed by atoms with Gasteiger partial charge in [0.2, 0.25) is 0 Å². The standard InChI is InChI=1S/C18H19BrClNO2/c1-18(2,3)21(12-6-11-20)17(22)23-15-10-9-13-7-4-5-8-14(13)16(15)19/h4-11H,12H2,1-3H3. The number of ether oxygens (including phenoxy) is 1. The molecule has 0 saturated carbocycles. The first kappa shape index (κ1) is 17.8. The van der Waals surface area contributed by atoms with E-state index in [1.54, 1.807) is 17.0 Å². The van der Waals surface area contributed by atoms with Crippen LogP contribution in [-0.4, -0.2) is 23.1 Å². The first-order valence-electron chi connectivity index (χ1n) is 7.26. The van der Waals surface area contributed by atoms with E-state index in [1.807, 2.05) is 51.1 Å². The zero-order chi connectivity index (χ0) is 17.0. The summed E-state index contributed by atoms with van der Waals surface area (Å²) in [6.07, 6.45) is 1.30. The van der Waals surface area contributed by atoms with Crippen molar-refractivity contribution in [3.8, 4) is 5.75 Å². The maximum absolute atomic E-state index is 12.6. The number of carbonyl (C=O) groups is 1. The van der Waals surface area contributed by atoms with E-state index in [9.17, 15) is 4.79 Å². The highest BCUT2D eigenvalue weighted by Gasteiger charge is 2.27. The van der Waals surface area contributed by atoms with Crippen LogP contribution in [0.15, 0.2) is 52.5 Å². The zero-order valence-corrected chi connectivity index (χ0v) is 15.7. The quantitative estimate of drug-likeness (QED) is 0.641. The van der Waals surface area contributed by atoms with Crippen molar-refractivity contribution in [2.75, 3.05) is 6.54 Å². The molecule has 0 atom stereocenters. The maximum atomic E-state index is 12.6. The molecule has 0 saturated heterocycles. The van der Waals surface area contributed by atoms with E-state index in [0.29, 0.717) is 12.3 Å². The number of carbonyl (C=O) groups excluding carboxylic acids is 1. The molecule has 2 aromatic carbocycles. The molecule has 0 fully saturated rings. The molecule has 0 bridgehead atoms. The van der Waals surface area contributed by atoms with Crippen molar-refractivity contribution in [3.05, 3.63) is 52.5 Å². The number of nitrogens with zero attached hydrogens (tertiary/aromatic N) is 1. The number of benzene rings is 2. The van der Waals surface area contributed by atoms with Gasteiger partial charge in [-0.3, -0.25) is 4.90 Å². The Morgan fingerprint density at radius 3 is 2.61 bits per heavy atom. The fraction of sp³-hybridized carbons (Fsp3) is 0.278. The van der Waals surface area contributed by atoms with Gasteiger partial charge in [0.1, 0.15) is 5.75 Å². The molecular weight excluding hydrogens is 378 g/mol. The van der Waals surface area contributed by atoms with Gasteiger partial charge in [-0.15, -0.1) is 0 Å². The summed E-state index contributed by atoms with van der Waals surface area (Å²) in [5.74, 6) is 0.498. The molecule has 0 aliphatic rings. The molecule has 2 rings (SSSR count). The maximum Gasteiger partial charge on any atom is 0.415 e. The first-order valence-corrected chi connectivity index (χ1v) is 8.49. The molecule has 23 heavy (non-hydrogen) atoms. The third kappa shape index (κ3) is 4.27. The van der Waals surface area contributed by atoms with Crippen molar-refractivity contribution in [2.24, 2.45) is 0 Å². The highest BCUT2D eigenvalue weighted by molar-refractivity contribution is 9.10. The molecule has 0 heterocycles. The van der Waals surface area contributed by atoms with Crippen LogP contribution in [0.25, 0.3) is 10.8 Å². The Morgan fingerprint density at radius 2 is 1.96 bits per heavy atom. The van der Waals surface area contributed by atoms with Crippen LogP contribution in [0.3, 0.4) is 0 Å². The van der Waals surface area contributed by atoms with Crippen molar-refractivity contribution >= 4 is 44.4 Å². The lowest BCUT2D eigenvalue weighted by atomic mass is 10.1. The number of amides is 1. The van der Waals surface area contributed by atoms with Crippen molar-refractivity contribution < 1.29 is 9.53 Å². The molecule has 0 aliphatic carbocycles. The molecule has 1 amide bonds. The summed E-state index contributed by atoms with van der Waals surface area (Å²) in [5.41, 5.74) is 1.02. The van der Waals surface area contributed by atoms with Crippen LogP contribution in [0, 0.1) is 0 Å².